The molecule has 1 aromatic rings. The minimum absolute atomic E-state index is 0.246. The maximum absolute atomic E-state index is 5.70. The van der Waals surface area contributed by atoms with Crippen molar-refractivity contribution in [3.63, 3.8) is 0 Å². The number of aliphatic imine (C=N–C) groups is 1. The quantitative estimate of drug-likeness (QED) is 0.369. The number of hydrogen-bond donors (Lipinski definition) is 2. The van der Waals surface area contributed by atoms with Gasteiger partial charge in [-0.25, -0.2) is 0 Å². The Bertz CT molecular complexity index is 537. The molecular weight excluding hydrogens is 344 g/mol. The minimum Gasteiger partial charge on any atom is -0.468 e. The van der Waals surface area contributed by atoms with Gasteiger partial charge in [0.25, 0.3) is 0 Å². The molecule has 0 spiro atoms. The molecule has 2 aliphatic heterocycles. The van der Waals surface area contributed by atoms with Gasteiger partial charge in [0.15, 0.2) is 5.96 Å². The summed E-state index contributed by atoms with van der Waals surface area (Å²) in [6, 6.07) is 4.27. The Kier molecular flexibility index (Phi) is 8.45. The van der Waals surface area contributed by atoms with Gasteiger partial charge in [-0.2, -0.15) is 0 Å². The summed E-state index contributed by atoms with van der Waals surface area (Å²) >= 11 is 0. The highest BCUT2D eigenvalue weighted by Gasteiger charge is 2.25. The van der Waals surface area contributed by atoms with Crippen LogP contribution in [0.25, 0.3) is 0 Å². The average Bonchev–Trinajstić information content (AvgIpc) is 3.46. The fraction of sp³-hybridized carbons (Fsp3) is 0.750. The Balaban J connectivity index is 1.33. The molecule has 7 nitrogen and oxygen atoms in total. The number of hydrogen-bond acceptors (Lipinski definition) is 5. The standard InChI is InChI=1S/C20H34N4O3/c1-21-20(22-9-6-12-25-16-17-7-4-13-26-17)23-15-18(19-8-5-14-27-19)24-10-2-3-11-24/h5,8,14,17-18H,2-4,6-7,9-13,15-16H2,1H3,(H2,21,22,23). The molecule has 0 aromatic carbocycles. The van der Waals surface area contributed by atoms with E-state index in [9.17, 15) is 0 Å². The summed E-state index contributed by atoms with van der Waals surface area (Å²) in [5, 5.41) is 6.81. The normalized spacial score (nSPS) is 22.3. The first-order chi connectivity index (χ1) is 13.4. The molecule has 2 N–H and O–H groups in total. The Morgan fingerprint density at radius 3 is 2.93 bits per heavy atom. The molecule has 0 bridgehead atoms. The zero-order valence-corrected chi connectivity index (χ0v) is 16.5. The van der Waals surface area contributed by atoms with Crippen molar-refractivity contribution >= 4 is 5.96 Å². The molecule has 2 atom stereocenters. The monoisotopic (exact) mass is 378 g/mol. The van der Waals surface area contributed by atoms with Crippen LogP contribution in [0.4, 0.5) is 0 Å². The van der Waals surface area contributed by atoms with E-state index in [-0.39, 0.29) is 6.04 Å². The van der Waals surface area contributed by atoms with Crippen molar-refractivity contribution in [1.29, 1.82) is 0 Å². The van der Waals surface area contributed by atoms with E-state index in [4.69, 9.17) is 13.9 Å². The van der Waals surface area contributed by atoms with Gasteiger partial charge >= 0.3 is 0 Å². The fourth-order valence-corrected chi connectivity index (χ4v) is 3.73. The lowest BCUT2D eigenvalue weighted by Gasteiger charge is -2.26. The number of nitrogens with zero attached hydrogens (tertiary/aromatic N) is 2. The summed E-state index contributed by atoms with van der Waals surface area (Å²) < 4.78 is 16.9. The lowest BCUT2D eigenvalue weighted by Crippen LogP contribution is -2.43. The third-order valence-corrected chi connectivity index (χ3v) is 5.23. The SMILES string of the molecule is CN=C(NCCCOCC1CCCO1)NCC(c1ccco1)N1CCCC1. The summed E-state index contributed by atoms with van der Waals surface area (Å²) in [5.74, 6) is 1.84. The van der Waals surface area contributed by atoms with Crippen LogP contribution >= 0.6 is 0 Å². The van der Waals surface area contributed by atoms with Crippen LogP contribution in [0.3, 0.4) is 0 Å². The van der Waals surface area contributed by atoms with Gasteiger partial charge < -0.3 is 24.5 Å². The van der Waals surface area contributed by atoms with E-state index in [1.165, 1.54) is 12.8 Å². The number of nitrogens with one attached hydrogen (secondary N) is 2. The molecule has 2 unspecified atom stereocenters. The van der Waals surface area contributed by atoms with Crippen LogP contribution in [-0.4, -0.2) is 70.0 Å². The first kappa shape index (κ1) is 20.2. The molecule has 3 rings (SSSR count). The lowest BCUT2D eigenvalue weighted by molar-refractivity contribution is 0.0168. The number of likely N-dealkylation sites (tertiary alicyclic amines) is 1. The zero-order valence-electron chi connectivity index (χ0n) is 16.5. The van der Waals surface area contributed by atoms with Gasteiger partial charge in [-0.1, -0.05) is 0 Å². The van der Waals surface area contributed by atoms with E-state index in [0.717, 1.165) is 70.4 Å². The highest BCUT2D eigenvalue weighted by atomic mass is 16.5. The van der Waals surface area contributed by atoms with Crippen LogP contribution in [0.15, 0.2) is 27.8 Å². The fourth-order valence-electron chi connectivity index (χ4n) is 3.73. The predicted molar refractivity (Wildman–Crippen MR) is 106 cm³/mol. The largest absolute Gasteiger partial charge is 0.468 e. The van der Waals surface area contributed by atoms with E-state index < -0.39 is 0 Å². The molecule has 3 heterocycles. The second-order valence-corrected chi connectivity index (χ2v) is 7.22. The molecule has 0 aliphatic carbocycles. The van der Waals surface area contributed by atoms with Crippen LogP contribution in [0.2, 0.25) is 0 Å². The maximum Gasteiger partial charge on any atom is 0.191 e. The molecule has 2 aliphatic rings. The van der Waals surface area contributed by atoms with Crippen LogP contribution < -0.4 is 10.6 Å². The van der Waals surface area contributed by atoms with Gasteiger partial charge in [0.05, 0.1) is 25.0 Å². The second-order valence-electron chi connectivity index (χ2n) is 7.22. The molecule has 0 saturated carbocycles. The molecule has 1 aromatic heterocycles. The van der Waals surface area contributed by atoms with Gasteiger partial charge in [-0.05, 0) is 57.3 Å². The smallest absolute Gasteiger partial charge is 0.191 e. The molecule has 0 radical (unpaired) electrons. The summed E-state index contributed by atoms with van der Waals surface area (Å²) in [7, 11) is 1.81. The lowest BCUT2D eigenvalue weighted by atomic mass is 10.2. The summed E-state index contributed by atoms with van der Waals surface area (Å²) in [6.07, 6.45) is 7.81. The second kappa shape index (κ2) is 11.3. The van der Waals surface area contributed by atoms with Gasteiger partial charge in [-0.15, -0.1) is 0 Å². The summed E-state index contributed by atoms with van der Waals surface area (Å²) in [4.78, 5) is 6.82. The number of guanidine groups is 1. The van der Waals surface area contributed by atoms with Crippen molar-refractivity contribution in [2.45, 2.75) is 44.2 Å². The van der Waals surface area contributed by atoms with Crippen LogP contribution in [0, 0.1) is 0 Å². The molecular formula is C20H34N4O3. The summed E-state index contributed by atoms with van der Waals surface area (Å²) in [6.45, 7) is 6.21. The zero-order chi connectivity index (χ0) is 18.7. The highest BCUT2D eigenvalue weighted by molar-refractivity contribution is 5.79. The van der Waals surface area contributed by atoms with E-state index in [1.807, 2.05) is 6.07 Å². The Morgan fingerprint density at radius 2 is 2.22 bits per heavy atom. The first-order valence-electron chi connectivity index (χ1n) is 10.3. The van der Waals surface area contributed by atoms with Gasteiger partial charge in [0.1, 0.15) is 5.76 Å². The average molecular weight is 379 g/mol. The van der Waals surface area contributed by atoms with Crippen molar-refractivity contribution in [2.75, 3.05) is 53.0 Å². The van der Waals surface area contributed by atoms with Gasteiger partial charge in [0.2, 0.25) is 0 Å². The van der Waals surface area contributed by atoms with Gasteiger partial charge in [0, 0.05) is 33.4 Å². The maximum atomic E-state index is 5.70. The number of furan rings is 1. The molecule has 2 saturated heterocycles. The third kappa shape index (κ3) is 6.52. The van der Waals surface area contributed by atoms with E-state index in [2.05, 4.69) is 26.6 Å². The van der Waals surface area contributed by atoms with E-state index >= 15 is 0 Å². The Hall–Kier alpha value is -1.57. The van der Waals surface area contributed by atoms with Crippen molar-refractivity contribution in [1.82, 2.24) is 15.5 Å². The minimum atomic E-state index is 0.246. The van der Waals surface area contributed by atoms with Crippen molar-refractivity contribution in [2.24, 2.45) is 4.99 Å². The number of rotatable bonds is 10. The van der Waals surface area contributed by atoms with E-state index in [0.29, 0.717) is 12.7 Å². The van der Waals surface area contributed by atoms with Crippen molar-refractivity contribution in [3.05, 3.63) is 24.2 Å². The Morgan fingerprint density at radius 1 is 1.33 bits per heavy atom. The molecule has 0 amide bonds. The van der Waals surface area contributed by atoms with Crippen LogP contribution in [-0.2, 0) is 9.47 Å². The highest BCUT2D eigenvalue weighted by Crippen LogP contribution is 2.24. The van der Waals surface area contributed by atoms with E-state index in [1.54, 1.807) is 13.3 Å². The molecule has 27 heavy (non-hydrogen) atoms. The Labute approximate surface area is 162 Å². The third-order valence-electron chi connectivity index (χ3n) is 5.23. The molecule has 2 fully saturated rings. The topological polar surface area (TPSA) is 71.3 Å². The van der Waals surface area contributed by atoms with Crippen molar-refractivity contribution in [3.8, 4) is 0 Å². The summed E-state index contributed by atoms with van der Waals surface area (Å²) in [5.41, 5.74) is 0. The van der Waals surface area contributed by atoms with Crippen molar-refractivity contribution < 1.29 is 13.9 Å². The van der Waals surface area contributed by atoms with Gasteiger partial charge in [-0.3, -0.25) is 9.89 Å². The molecule has 152 valence electrons. The molecule has 7 heteroatoms. The first-order valence-corrected chi connectivity index (χ1v) is 10.3. The number of ether oxygens (including phenoxy) is 2. The predicted octanol–water partition coefficient (Wildman–Crippen LogP) is 2.17. The van der Waals surface area contributed by atoms with Crippen LogP contribution in [0.5, 0.6) is 0 Å². The van der Waals surface area contributed by atoms with Crippen LogP contribution in [0.1, 0.15) is 43.9 Å².